The van der Waals surface area contributed by atoms with Gasteiger partial charge in [0.05, 0.1) is 0 Å². The van der Waals surface area contributed by atoms with E-state index in [0.717, 1.165) is 37.8 Å². The molecule has 0 aliphatic carbocycles. The highest BCUT2D eigenvalue weighted by Crippen LogP contribution is 2.23. The molecule has 0 radical (unpaired) electrons. The summed E-state index contributed by atoms with van der Waals surface area (Å²) >= 11 is 0. The maximum absolute atomic E-state index is 4.46. The highest BCUT2D eigenvalue weighted by atomic mass is 15.3. The first-order chi connectivity index (χ1) is 8.06. The Labute approximate surface area is 103 Å². The van der Waals surface area contributed by atoms with Crippen LogP contribution in [0, 0.1) is 0 Å². The second-order valence-corrected chi connectivity index (χ2v) is 5.34. The van der Waals surface area contributed by atoms with Gasteiger partial charge in [-0.05, 0) is 20.8 Å². The van der Waals surface area contributed by atoms with Crippen molar-refractivity contribution in [3.8, 4) is 0 Å². The number of hydrogen-bond acceptors (Lipinski definition) is 5. The van der Waals surface area contributed by atoms with Gasteiger partial charge in [-0.1, -0.05) is 0 Å². The third kappa shape index (κ3) is 3.30. The average Bonchev–Trinajstić information content (AvgIpc) is 2.29. The fourth-order valence-electron chi connectivity index (χ4n) is 1.88. The van der Waals surface area contributed by atoms with Gasteiger partial charge in [-0.25, -0.2) is 9.97 Å². The van der Waals surface area contributed by atoms with Crippen molar-refractivity contribution in [2.75, 3.05) is 36.4 Å². The van der Waals surface area contributed by atoms with Crippen LogP contribution in [0.5, 0.6) is 0 Å². The van der Waals surface area contributed by atoms with Gasteiger partial charge in [0.15, 0.2) is 11.6 Å². The van der Waals surface area contributed by atoms with Crippen molar-refractivity contribution in [3.63, 3.8) is 0 Å². The molecular weight excluding hydrogens is 214 g/mol. The lowest BCUT2D eigenvalue weighted by molar-refractivity contribution is 0.581. The molecule has 1 fully saturated rings. The van der Waals surface area contributed by atoms with Gasteiger partial charge < -0.3 is 15.5 Å². The minimum atomic E-state index is -0.00117. The van der Waals surface area contributed by atoms with E-state index < -0.39 is 0 Å². The van der Waals surface area contributed by atoms with Crippen LogP contribution in [0.25, 0.3) is 0 Å². The molecule has 0 saturated carbocycles. The number of nitrogens with one attached hydrogen (secondary N) is 2. The molecule has 5 heteroatoms. The van der Waals surface area contributed by atoms with Crippen molar-refractivity contribution >= 4 is 11.6 Å². The number of hydrogen-bond donors (Lipinski definition) is 2. The molecule has 0 atom stereocenters. The van der Waals surface area contributed by atoms with Gasteiger partial charge in [0.1, 0.15) is 0 Å². The predicted molar refractivity (Wildman–Crippen MR) is 70.5 cm³/mol. The van der Waals surface area contributed by atoms with Gasteiger partial charge >= 0.3 is 0 Å². The minimum absolute atomic E-state index is 0.00117. The van der Waals surface area contributed by atoms with Crippen LogP contribution < -0.4 is 15.5 Å². The Kier molecular flexibility index (Phi) is 3.47. The molecule has 1 aliphatic rings. The lowest BCUT2D eigenvalue weighted by Crippen LogP contribution is -2.44. The average molecular weight is 235 g/mol. The van der Waals surface area contributed by atoms with Crippen LogP contribution in [-0.2, 0) is 0 Å². The molecule has 94 valence electrons. The normalized spacial score (nSPS) is 17.0. The first kappa shape index (κ1) is 12.1. The maximum atomic E-state index is 4.46. The standard InChI is InChI=1S/C12H21N5/c1-12(2,3)16-10-11(15-5-4-14-10)17-8-6-13-7-9-17/h4-5,13H,6-9H2,1-3H3,(H,14,16). The molecule has 1 aliphatic heterocycles. The molecule has 0 aromatic carbocycles. The van der Waals surface area contributed by atoms with Crippen LogP contribution in [0.15, 0.2) is 12.4 Å². The van der Waals surface area contributed by atoms with Crippen molar-refractivity contribution in [3.05, 3.63) is 12.4 Å². The van der Waals surface area contributed by atoms with Crippen molar-refractivity contribution in [1.82, 2.24) is 15.3 Å². The smallest absolute Gasteiger partial charge is 0.171 e. The summed E-state index contributed by atoms with van der Waals surface area (Å²) in [5.74, 6) is 1.84. The number of anilines is 2. The zero-order valence-electron chi connectivity index (χ0n) is 10.8. The van der Waals surface area contributed by atoms with E-state index in [1.54, 1.807) is 12.4 Å². The fraction of sp³-hybridized carbons (Fsp3) is 0.667. The van der Waals surface area contributed by atoms with E-state index in [0.29, 0.717) is 0 Å². The van der Waals surface area contributed by atoms with Gasteiger partial charge in [0.2, 0.25) is 0 Å². The molecule has 17 heavy (non-hydrogen) atoms. The minimum Gasteiger partial charge on any atom is -0.362 e. The highest BCUT2D eigenvalue weighted by Gasteiger charge is 2.19. The van der Waals surface area contributed by atoms with Crippen LogP contribution in [0.2, 0.25) is 0 Å². The van der Waals surface area contributed by atoms with E-state index in [1.165, 1.54) is 0 Å². The Morgan fingerprint density at radius 3 is 2.47 bits per heavy atom. The monoisotopic (exact) mass is 235 g/mol. The number of rotatable bonds is 2. The van der Waals surface area contributed by atoms with E-state index >= 15 is 0 Å². The Bertz CT molecular complexity index is 365. The van der Waals surface area contributed by atoms with E-state index in [9.17, 15) is 0 Å². The molecule has 2 heterocycles. The molecule has 2 N–H and O–H groups in total. The summed E-state index contributed by atoms with van der Waals surface area (Å²) in [6, 6.07) is 0. The highest BCUT2D eigenvalue weighted by molar-refractivity contribution is 5.61. The molecule has 0 amide bonds. The van der Waals surface area contributed by atoms with Crippen molar-refractivity contribution in [2.24, 2.45) is 0 Å². The zero-order chi connectivity index (χ0) is 12.3. The number of aromatic nitrogens is 2. The van der Waals surface area contributed by atoms with E-state index in [2.05, 4.69) is 46.3 Å². The first-order valence-electron chi connectivity index (χ1n) is 6.11. The van der Waals surface area contributed by atoms with Crippen molar-refractivity contribution in [1.29, 1.82) is 0 Å². The van der Waals surface area contributed by atoms with Crippen molar-refractivity contribution < 1.29 is 0 Å². The molecule has 1 saturated heterocycles. The summed E-state index contributed by atoms with van der Waals surface area (Å²) in [5, 5.41) is 6.75. The molecular formula is C12H21N5. The van der Waals surface area contributed by atoms with E-state index in [-0.39, 0.29) is 5.54 Å². The third-order valence-corrected chi connectivity index (χ3v) is 2.59. The van der Waals surface area contributed by atoms with E-state index in [4.69, 9.17) is 0 Å². The summed E-state index contributed by atoms with van der Waals surface area (Å²) < 4.78 is 0. The Morgan fingerprint density at radius 2 is 1.82 bits per heavy atom. The molecule has 0 unspecified atom stereocenters. The quantitative estimate of drug-likeness (QED) is 0.804. The van der Waals surface area contributed by atoms with Gasteiger partial charge in [-0.15, -0.1) is 0 Å². The van der Waals surface area contributed by atoms with Gasteiger partial charge in [0, 0.05) is 44.1 Å². The SMILES string of the molecule is CC(C)(C)Nc1nccnc1N1CCNCC1. The summed E-state index contributed by atoms with van der Waals surface area (Å²) in [6.45, 7) is 10.4. The fourth-order valence-corrected chi connectivity index (χ4v) is 1.88. The molecule has 2 rings (SSSR count). The Hall–Kier alpha value is -1.36. The summed E-state index contributed by atoms with van der Waals surface area (Å²) in [7, 11) is 0. The van der Waals surface area contributed by atoms with Gasteiger partial charge in [-0.2, -0.15) is 0 Å². The number of nitrogens with zero attached hydrogens (tertiary/aromatic N) is 3. The van der Waals surface area contributed by atoms with Crippen LogP contribution in [0.4, 0.5) is 11.6 Å². The zero-order valence-corrected chi connectivity index (χ0v) is 10.8. The molecule has 0 bridgehead atoms. The van der Waals surface area contributed by atoms with E-state index in [1.807, 2.05) is 0 Å². The molecule has 5 nitrogen and oxygen atoms in total. The molecule has 1 aromatic rings. The van der Waals surface area contributed by atoms with Gasteiger partial charge in [-0.3, -0.25) is 0 Å². The van der Waals surface area contributed by atoms with Gasteiger partial charge in [0.25, 0.3) is 0 Å². The van der Waals surface area contributed by atoms with Crippen LogP contribution in [0.3, 0.4) is 0 Å². The molecule has 1 aromatic heterocycles. The summed E-state index contributed by atoms with van der Waals surface area (Å²) in [6.07, 6.45) is 3.49. The Morgan fingerprint density at radius 1 is 1.18 bits per heavy atom. The molecule has 0 spiro atoms. The third-order valence-electron chi connectivity index (χ3n) is 2.59. The topological polar surface area (TPSA) is 53.1 Å². The largest absolute Gasteiger partial charge is 0.362 e. The number of piperazine rings is 1. The lowest BCUT2D eigenvalue weighted by Gasteiger charge is -2.31. The summed E-state index contributed by atoms with van der Waals surface area (Å²) in [5.41, 5.74) is -0.00117. The Balaban J connectivity index is 2.20. The maximum Gasteiger partial charge on any atom is 0.171 e. The van der Waals surface area contributed by atoms with Crippen molar-refractivity contribution in [2.45, 2.75) is 26.3 Å². The predicted octanol–water partition coefficient (Wildman–Crippen LogP) is 1.10. The summed E-state index contributed by atoms with van der Waals surface area (Å²) in [4.78, 5) is 11.1. The second kappa shape index (κ2) is 4.87. The first-order valence-corrected chi connectivity index (χ1v) is 6.11. The lowest BCUT2D eigenvalue weighted by atomic mass is 10.1. The van der Waals surface area contributed by atoms with Crippen LogP contribution in [-0.4, -0.2) is 41.7 Å². The van der Waals surface area contributed by atoms with Crippen LogP contribution in [0.1, 0.15) is 20.8 Å². The second-order valence-electron chi connectivity index (χ2n) is 5.34. The van der Waals surface area contributed by atoms with Crippen LogP contribution >= 0.6 is 0 Å².